The Labute approximate surface area is 125 Å². The van der Waals surface area contributed by atoms with Crippen LogP contribution in [0.1, 0.15) is 25.5 Å². The quantitative estimate of drug-likeness (QED) is 0.862. The van der Waals surface area contributed by atoms with Crippen molar-refractivity contribution in [3.8, 4) is 16.9 Å². The Hall–Kier alpha value is -1.51. The smallest absolute Gasteiger partial charge is 0.138 e. The molecular weight excluding hydrogens is 270 g/mol. The van der Waals surface area contributed by atoms with Crippen LogP contribution in [0.25, 0.3) is 11.1 Å². The van der Waals surface area contributed by atoms with Gasteiger partial charge in [0.1, 0.15) is 5.75 Å². The lowest BCUT2D eigenvalue weighted by Crippen LogP contribution is -2.18. The van der Waals surface area contributed by atoms with E-state index in [1.54, 1.807) is 7.11 Å². The molecule has 0 bridgehead atoms. The van der Waals surface area contributed by atoms with E-state index in [1.807, 2.05) is 18.2 Å². The minimum absolute atomic E-state index is 0.304. The number of hydrogen-bond acceptors (Lipinski definition) is 2. The van der Waals surface area contributed by atoms with Crippen molar-refractivity contribution in [3.05, 3.63) is 53.1 Å². The first kappa shape index (κ1) is 14.9. The first-order chi connectivity index (χ1) is 9.67. The molecule has 3 heteroatoms. The highest BCUT2D eigenvalue weighted by molar-refractivity contribution is 6.32. The molecule has 0 aromatic heterocycles. The molecule has 0 saturated heterocycles. The fourth-order valence-electron chi connectivity index (χ4n) is 2.38. The number of ether oxygens (including phenoxy) is 1. The van der Waals surface area contributed by atoms with Gasteiger partial charge in [0.25, 0.3) is 0 Å². The lowest BCUT2D eigenvalue weighted by Gasteiger charge is -2.18. The number of benzene rings is 2. The molecule has 0 amide bonds. The van der Waals surface area contributed by atoms with Gasteiger partial charge < -0.3 is 10.1 Å². The summed E-state index contributed by atoms with van der Waals surface area (Å²) in [6.45, 7) is 5.24. The standard InChI is InChI=1S/C17H20ClNO/c1-4-19-12(2)14-7-5-6-8-15(14)13-9-10-16(18)17(11-13)20-3/h5-12,19H,4H2,1-3H3. The maximum atomic E-state index is 6.10. The summed E-state index contributed by atoms with van der Waals surface area (Å²) in [4.78, 5) is 0. The molecule has 20 heavy (non-hydrogen) atoms. The van der Waals surface area contributed by atoms with Gasteiger partial charge in [0.15, 0.2) is 0 Å². The molecule has 0 radical (unpaired) electrons. The highest BCUT2D eigenvalue weighted by Crippen LogP contribution is 2.33. The minimum Gasteiger partial charge on any atom is -0.495 e. The zero-order valence-electron chi connectivity index (χ0n) is 12.1. The van der Waals surface area contributed by atoms with Gasteiger partial charge in [-0.3, -0.25) is 0 Å². The van der Waals surface area contributed by atoms with Gasteiger partial charge in [-0.2, -0.15) is 0 Å². The van der Waals surface area contributed by atoms with E-state index in [0.717, 1.165) is 12.1 Å². The van der Waals surface area contributed by atoms with E-state index < -0.39 is 0 Å². The molecule has 2 nitrogen and oxygen atoms in total. The van der Waals surface area contributed by atoms with Crippen LogP contribution < -0.4 is 10.1 Å². The zero-order chi connectivity index (χ0) is 14.5. The average Bonchev–Trinajstić information content (AvgIpc) is 2.48. The van der Waals surface area contributed by atoms with E-state index in [-0.39, 0.29) is 0 Å². The van der Waals surface area contributed by atoms with Gasteiger partial charge in [-0.25, -0.2) is 0 Å². The van der Waals surface area contributed by atoms with Crippen LogP contribution in [-0.4, -0.2) is 13.7 Å². The first-order valence-electron chi connectivity index (χ1n) is 6.83. The van der Waals surface area contributed by atoms with Gasteiger partial charge in [-0.1, -0.05) is 48.9 Å². The Balaban J connectivity index is 2.47. The summed E-state index contributed by atoms with van der Waals surface area (Å²) in [5.41, 5.74) is 3.60. The van der Waals surface area contributed by atoms with Gasteiger partial charge in [-0.05, 0) is 42.3 Å². The second-order valence-corrected chi connectivity index (χ2v) is 5.12. The summed E-state index contributed by atoms with van der Waals surface area (Å²) in [5, 5.41) is 4.09. The molecule has 0 aliphatic carbocycles. The molecule has 1 N–H and O–H groups in total. The van der Waals surface area contributed by atoms with Crippen molar-refractivity contribution in [3.63, 3.8) is 0 Å². The number of halogens is 1. The van der Waals surface area contributed by atoms with Crippen LogP contribution in [0.2, 0.25) is 5.02 Å². The van der Waals surface area contributed by atoms with Crippen molar-refractivity contribution in [2.45, 2.75) is 19.9 Å². The van der Waals surface area contributed by atoms with Gasteiger partial charge >= 0.3 is 0 Å². The maximum Gasteiger partial charge on any atom is 0.138 e. The lowest BCUT2D eigenvalue weighted by molar-refractivity contribution is 0.415. The summed E-state index contributed by atoms with van der Waals surface area (Å²) in [7, 11) is 1.64. The fraction of sp³-hybridized carbons (Fsp3) is 0.294. The van der Waals surface area contributed by atoms with Crippen LogP contribution >= 0.6 is 11.6 Å². The Morgan fingerprint density at radius 1 is 1.20 bits per heavy atom. The largest absolute Gasteiger partial charge is 0.495 e. The van der Waals surface area contributed by atoms with Crippen molar-refractivity contribution in [2.75, 3.05) is 13.7 Å². The Bertz CT molecular complexity index is 583. The van der Waals surface area contributed by atoms with Crippen molar-refractivity contribution in [2.24, 2.45) is 0 Å². The van der Waals surface area contributed by atoms with Gasteiger partial charge in [0, 0.05) is 6.04 Å². The molecule has 1 unspecified atom stereocenters. The maximum absolute atomic E-state index is 6.10. The van der Waals surface area contributed by atoms with Gasteiger partial charge in [0.2, 0.25) is 0 Å². The molecular formula is C17H20ClNO. The highest BCUT2D eigenvalue weighted by Gasteiger charge is 2.12. The molecule has 1 atom stereocenters. The SMILES string of the molecule is CCNC(C)c1ccccc1-c1ccc(Cl)c(OC)c1. The molecule has 0 spiro atoms. The predicted molar refractivity (Wildman–Crippen MR) is 85.5 cm³/mol. The monoisotopic (exact) mass is 289 g/mol. The summed E-state index contributed by atoms with van der Waals surface area (Å²) >= 11 is 6.10. The molecule has 0 aliphatic rings. The Morgan fingerprint density at radius 2 is 1.95 bits per heavy atom. The summed E-state index contributed by atoms with van der Waals surface area (Å²) in [6.07, 6.45) is 0. The third-order valence-corrected chi connectivity index (χ3v) is 3.71. The molecule has 106 valence electrons. The molecule has 0 aliphatic heterocycles. The van der Waals surface area contributed by atoms with E-state index in [9.17, 15) is 0 Å². The number of nitrogens with one attached hydrogen (secondary N) is 1. The third-order valence-electron chi connectivity index (χ3n) is 3.40. The Kier molecular flexibility index (Phi) is 5.05. The number of hydrogen-bond donors (Lipinski definition) is 1. The van der Waals surface area contributed by atoms with Crippen molar-refractivity contribution in [1.82, 2.24) is 5.32 Å². The minimum atomic E-state index is 0.304. The zero-order valence-corrected chi connectivity index (χ0v) is 12.9. The van der Waals surface area contributed by atoms with Crippen molar-refractivity contribution >= 4 is 11.6 Å². The Morgan fingerprint density at radius 3 is 2.65 bits per heavy atom. The molecule has 0 heterocycles. The number of rotatable bonds is 5. The van der Waals surface area contributed by atoms with E-state index in [2.05, 4.69) is 43.4 Å². The average molecular weight is 290 g/mol. The van der Waals surface area contributed by atoms with Crippen LogP contribution in [0.3, 0.4) is 0 Å². The van der Waals surface area contributed by atoms with Crippen LogP contribution in [0.5, 0.6) is 5.75 Å². The summed E-state index contributed by atoms with van der Waals surface area (Å²) in [6, 6.07) is 14.6. The summed E-state index contributed by atoms with van der Waals surface area (Å²) < 4.78 is 5.31. The van der Waals surface area contributed by atoms with Crippen LogP contribution in [0, 0.1) is 0 Å². The van der Waals surface area contributed by atoms with Crippen molar-refractivity contribution < 1.29 is 4.74 Å². The van der Waals surface area contributed by atoms with Crippen molar-refractivity contribution in [1.29, 1.82) is 0 Å². The van der Waals surface area contributed by atoms with Crippen LogP contribution in [-0.2, 0) is 0 Å². The topological polar surface area (TPSA) is 21.3 Å². The molecule has 0 fully saturated rings. The molecule has 2 aromatic rings. The molecule has 2 aromatic carbocycles. The molecule has 2 rings (SSSR count). The second kappa shape index (κ2) is 6.78. The lowest BCUT2D eigenvalue weighted by atomic mass is 9.95. The highest BCUT2D eigenvalue weighted by atomic mass is 35.5. The van der Waals surface area contributed by atoms with E-state index >= 15 is 0 Å². The van der Waals surface area contributed by atoms with E-state index in [0.29, 0.717) is 16.8 Å². The van der Waals surface area contributed by atoms with Gasteiger partial charge in [0.05, 0.1) is 12.1 Å². The van der Waals surface area contributed by atoms with E-state index in [4.69, 9.17) is 16.3 Å². The predicted octanol–water partition coefficient (Wildman–Crippen LogP) is 4.69. The fourth-order valence-corrected chi connectivity index (χ4v) is 2.58. The molecule has 0 saturated carbocycles. The second-order valence-electron chi connectivity index (χ2n) is 4.72. The van der Waals surface area contributed by atoms with Gasteiger partial charge in [-0.15, -0.1) is 0 Å². The normalized spacial score (nSPS) is 12.2. The first-order valence-corrected chi connectivity index (χ1v) is 7.21. The summed E-state index contributed by atoms with van der Waals surface area (Å²) in [5.74, 6) is 0.704. The van der Waals surface area contributed by atoms with Crippen LogP contribution in [0.15, 0.2) is 42.5 Å². The van der Waals surface area contributed by atoms with E-state index in [1.165, 1.54) is 11.1 Å². The van der Waals surface area contributed by atoms with Crippen LogP contribution in [0.4, 0.5) is 0 Å². The third kappa shape index (κ3) is 3.14. The number of methoxy groups -OCH3 is 1.